The molecule has 0 N–H and O–H groups in total. The molecule has 0 bridgehead atoms. The predicted molar refractivity (Wildman–Crippen MR) is 98.0 cm³/mol. The largest absolute Gasteiger partial charge is 0.471 e. The lowest BCUT2D eigenvalue weighted by molar-refractivity contribution is 0.287. The second-order valence-corrected chi connectivity index (χ2v) is 7.34. The predicted octanol–water partition coefficient (Wildman–Crippen LogP) is 5.66. The lowest BCUT2D eigenvalue weighted by Crippen LogP contribution is -2.01. The summed E-state index contributed by atoms with van der Waals surface area (Å²) >= 11 is 15.9. The van der Waals surface area contributed by atoms with Crippen molar-refractivity contribution in [2.75, 3.05) is 0 Å². The molecule has 1 aromatic carbocycles. The number of benzene rings is 1. The van der Waals surface area contributed by atoms with Gasteiger partial charge in [0.1, 0.15) is 22.7 Å². The first-order valence-corrected chi connectivity index (χ1v) is 9.21. The number of ether oxygens (including phenoxy) is 1. The highest BCUT2D eigenvalue weighted by molar-refractivity contribution is 9.10. The molecule has 1 aliphatic rings. The van der Waals surface area contributed by atoms with E-state index in [0.29, 0.717) is 37.7 Å². The van der Waals surface area contributed by atoms with Gasteiger partial charge in [0.15, 0.2) is 0 Å². The summed E-state index contributed by atoms with van der Waals surface area (Å²) in [4.78, 5) is 8.28. The number of rotatable bonds is 5. The van der Waals surface area contributed by atoms with Crippen LogP contribution in [0.25, 0.3) is 11.3 Å². The van der Waals surface area contributed by atoms with Crippen LogP contribution in [-0.4, -0.2) is 15.1 Å². The van der Waals surface area contributed by atoms with E-state index in [0.717, 1.165) is 24.2 Å². The zero-order valence-electron chi connectivity index (χ0n) is 12.9. The maximum absolute atomic E-state index is 6.34. The quantitative estimate of drug-likeness (QED) is 0.512. The van der Waals surface area contributed by atoms with Crippen molar-refractivity contribution in [1.82, 2.24) is 15.1 Å². The Bertz CT molecular complexity index is 891. The van der Waals surface area contributed by atoms with Crippen LogP contribution in [0.15, 0.2) is 39.7 Å². The van der Waals surface area contributed by atoms with E-state index < -0.39 is 0 Å². The van der Waals surface area contributed by atoms with Crippen LogP contribution < -0.4 is 4.74 Å². The van der Waals surface area contributed by atoms with Gasteiger partial charge in [-0.15, -0.1) is 0 Å². The highest BCUT2D eigenvalue weighted by Crippen LogP contribution is 2.46. The Kier molecular flexibility index (Phi) is 4.67. The SMILES string of the molecule is Clc1cccc(Cl)c1-c1noc(C2CC2)c1COc1cnc(Br)cn1. The summed E-state index contributed by atoms with van der Waals surface area (Å²) in [7, 11) is 0. The third kappa shape index (κ3) is 3.52. The maximum atomic E-state index is 6.34. The number of hydrogen-bond donors (Lipinski definition) is 0. The van der Waals surface area contributed by atoms with E-state index in [1.165, 1.54) is 0 Å². The Morgan fingerprint density at radius 3 is 2.56 bits per heavy atom. The van der Waals surface area contributed by atoms with Gasteiger partial charge in [0.05, 0.1) is 28.0 Å². The van der Waals surface area contributed by atoms with Crippen LogP contribution in [-0.2, 0) is 6.61 Å². The van der Waals surface area contributed by atoms with Crippen molar-refractivity contribution in [2.24, 2.45) is 0 Å². The Balaban J connectivity index is 1.70. The molecule has 0 unspecified atom stereocenters. The third-order valence-electron chi connectivity index (χ3n) is 3.93. The summed E-state index contributed by atoms with van der Waals surface area (Å²) in [6.07, 6.45) is 5.29. The highest BCUT2D eigenvalue weighted by Gasteiger charge is 2.33. The monoisotopic (exact) mass is 439 g/mol. The van der Waals surface area contributed by atoms with Gasteiger partial charge in [0.25, 0.3) is 0 Å². The van der Waals surface area contributed by atoms with Gasteiger partial charge in [-0.25, -0.2) is 9.97 Å². The molecule has 0 spiro atoms. The second-order valence-electron chi connectivity index (χ2n) is 5.71. The fraction of sp³-hybridized carbons (Fsp3) is 0.235. The van der Waals surface area contributed by atoms with Gasteiger partial charge < -0.3 is 9.26 Å². The molecule has 1 saturated carbocycles. The summed E-state index contributed by atoms with van der Waals surface area (Å²) in [5.74, 6) is 1.62. The van der Waals surface area contributed by atoms with Gasteiger partial charge in [-0.3, -0.25) is 0 Å². The van der Waals surface area contributed by atoms with E-state index in [1.54, 1.807) is 30.6 Å². The lowest BCUT2D eigenvalue weighted by Gasteiger charge is -2.08. The van der Waals surface area contributed by atoms with Gasteiger partial charge in [-0.2, -0.15) is 0 Å². The van der Waals surface area contributed by atoms with E-state index in [1.807, 2.05) is 0 Å². The van der Waals surface area contributed by atoms with Gasteiger partial charge >= 0.3 is 0 Å². The Hall–Kier alpha value is -1.63. The van der Waals surface area contributed by atoms with Gasteiger partial charge in [0, 0.05) is 11.5 Å². The van der Waals surface area contributed by atoms with Crippen molar-refractivity contribution in [3.8, 4) is 17.1 Å². The van der Waals surface area contributed by atoms with Crippen LogP contribution >= 0.6 is 39.1 Å². The van der Waals surface area contributed by atoms with Crippen molar-refractivity contribution in [1.29, 1.82) is 0 Å². The molecular formula is C17H12BrCl2N3O2. The Morgan fingerprint density at radius 1 is 1.16 bits per heavy atom. The molecule has 1 aliphatic carbocycles. The Morgan fingerprint density at radius 2 is 1.92 bits per heavy atom. The number of aromatic nitrogens is 3. The molecule has 0 aliphatic heterocycles. The van der Waals surface area contributed by atoms with Crippen LogP contribution in [0.2, 0.25) is 10.0 Å². The lowest BCUT2D eigenvalue weighted by atomic mass is 10.0. The first kappa shape index (κ1) is 16.8. The summed E-state index contributed by atoms with van der Waals surface area (Å²) in [6.45, 7) is 0.253. The topological polar surface area (TPSA) is 61.0 Å². The molecule has 2 aromatic heterocycles. The first-order valence-electron chi connectivity index (χ1n) is 7.66. The van der Waals surface area contributed by atoms with Crippen molar-refractivity contribution in [3.63, 3.8) is 0 Å². The summed E-state index contributed by atoms with van der Waals surface area (Å²) < 4.78 is 12.0. The average molecular weight is 441 g/mol. The van der Waals surface area contributed by atoms with E-state index >= 15 is 0 Å². The third-order valence-corrected chi connectivity index (χ3v) is 4.97. The van der Waals surface area contributed by atoms with Gasteiger partial charge in [-0.1, -0.05) is 34.4 Å². The minimum absolute atomic E-state index is 0.253. The smallest absolute Gasteiger partial charge is 0.232 e. The fourth-order valence-electron chi connectivity index (χ4n) is 2.57. The zero-order chi connectivity index (χ0) is 17.4. The molecular weight excluding hydrogens is 429 g/mol. The van der Waals surface area contributed by atoms with Gasteiger partial charge in [0.2, 0.25) is 5.88 Å². The standard InChI is InChI=1S/C17H12BrCl2N3O2/c18-13-6-22-14(7-21-13)24-8-10-16(23-25-17(10)9-4-5-9)15-11(19)2-1-3-12(15)20/h1-3,6-7,9H,4-5,8H2. The van der Waals surface area contributed by atoms with Crippen molar-refractivity contribution in [3.05, 3.63) is 56.6 Å². The zero-order valence-corrected chi connectivity index (χ0v) is 16.0. The van der Waals surface area contributed by atoms with Crippen molar-refractivity contribution >= 4 is 39.1 Å². The van der Waals surface area contributed by atoms with Crippen LogP contribution in [0.4, 0.5) is 0 Å². The first-order chi connectivity index (χ1) is 12.1. The van der Waals surface area contributed by atoms with Gasteiger partial charge in [-0.05, 0) is 40.9 Å². The molecule has 2 heterocycles. The molecule has 3 aromatic rings. The van der Waals surface area contributed by atoms with E-state index in [4.69, 9.17) is 32.5 Å². The molecule has 4 rings (SSSR count). The normalized spacial score (nSPS) is 13.9. The molecule has 128 valence electrons. The number of halogens is 3. The molecule has 8 heteroatoms. The summed E-state index contributed by atoms with van der Waals surface area (Å²) in [6, 6.07) is 5.35. The second kappa shape index (κ2) is 6.94. The van der Waals surface area contributed by atoms with E-state index in [-0.39, 0.29) is 6.61 Å². The highest BCUT2D eigenvalue weighted by atomic mass is 79.9. The van der Waals surface area contributed by atoms with Crippen molar-refractivity contribution in [2.45, 2.75) is 25.4 Å². The molecule has 25 heavy (non-hydrogen) atoms. The number of nitrogens with zero attached hydrogens (tertiary/aromatic N) is 3. The summed E-state index contributed by atoms with van der Waals surface area (Å²) in [5, 5.41) is 5.27. The fourth-order valence-corrected chi connectivity index (χ4v) is 3.35. The minimum atomic E-state index is 0.253. The van der Waals surface area contributed by atoms with E-state index in [9.17, 15) is 0 Å². The maximum Gasteiger partial charge on any atom is 0.232 e. The molecule has 5 nitrogen and oxygen atoms in total. The average Bonchev–Trinajstić information content (AvgIpc) is 3.36. The molecule has 0 atom stereocenters. The van der Waals surface area contributed by atoms with Crippen LogP contribution in [0.3, 0.4) is 0 Å². The molecule has 0 saturated heterocycles. The van der Waals surface area contributed by atoms with E-state index in [2.05, 4.69) is 31.1 Å². The number of hydrogen-bond acceptors (Lipinski definition) is 5. The molecule has 0 radical (unpaired) electrons. The van der Waals surface area contributed by atoms with Crippen LogP contribution in [0.1, 0.15) is 30.1 Å². The summed E-state index contributed by atoms with van der Waals surface area (Å²) in [5.41, 5.74) is 2.12. The minimum Gasteiger partial charge on any atom is -0.471 e. The van der Waals surface area contributed by atoms with Crippen molar-refractivity contribution < 1.29 is 9.26 Å². The molecule has 0 amide bonds. The Labute approximate surface area is 162 Å². The van der Waals surface area contributed by atoms with Crippen LogP contribution in [0, 0.1) is 0 Å². The van der Waals surface area contributed by atoms with Crippen LogP contribution in [0.5, 0.6) is 5.88 Å². The molecule has 1 fully saturated rings.